The van der Waals surface area contributed by atoms with E-state index in [1.807, 2.05) is 12.1 Å². The molecule has 0 radical (unpaired) electrons. The van der Waals surface area contributed by atoms with E-state index >= 15 is 0 Å². The Morgan fingerprint density at radius 1 is 1.14 bits per heavy atom. The van der Waals surface area contributed by atoms with Gasteiger partial charge in [0.15, 0.2) is 0 Å². The third-order valence-electron chi connectivity index (χ3n) is 6.33. The Morgan fingerprint density at radius 3 is 2.95 bits per heavy atom. The number of amides is 1. The highest BCUT2D eigenvalue weighted by Gasteiger charge is 2.66. The zero-order valence-corrected chi connectivity index (χ0v) is 12.1. The summed E-state index contributed by atoms with van der Waals surface area (Å²) in [4.78, 5) is 12.6. The van der Waals surface area contributed by atoms with Gasteiger partial charge in [-0.25, -0.2) is 0 Å². The van der Waals surface area contributed by atoms with Crippen molar-refractivity contribution in [2.24, 2.45) is 17.8 Å². The third-order valence-corrected chi connectivity index (χ3v) is 6.33. The first-order valence-corrected chi connectivity index (χ1v) is 8.18. The lowest BCUT2D eigenvalue weighted by Gasteiger charge is -2.31. The summed E-state index contributed by atoms with van der Waals surface area (Å²) in [5.41, 5.74) is 8.83. The van der Waals surface area contributed by atoms with Crippen molar-refractivity contribution in [3.05, 3.63) is 29.8 Å². The highest BCUT2D eigenvalue weighted by molar-refractivity contribution is 6.08. The van der Waals surface area contributed by atoms with Gasteiger partial charge in [0.05, 0.1) is 5.41 Å². The molecule has 0 bridgehead atoms. The van der Waals surface area contributed by atoms with E-state index in [0.717, 1.165) is 24.6 Å². The second kappa shape index (κ2) is 4.08. The standard InChI is InChI=1S/C17H21N3O/c21-16-17(12-3-1-2-4-14(12)19-16)8-13(17)10-5-6-11-9-18-20-15(11)7-10/h1-4,10-11,13,15,18,20H,5-9H2,(H,19,21)/t10?,11?,13?,15?,17-/m0/s1. The molecule has 1 amide bonds. The van der Waals surface area contributed by atoms with Crippen molar-refractivity contribution in [3.8, 4) is 0 Å². The lowest BCUT2D eigenvalue weighted by Crippen LogP contribution is -2.37. The molecule has 5 rings (SSSR count). The lowest BCUT2D eigenvalue weighted by molar-refractivity contribution is -0.118. The maximum Gasteiger partial charge on any atom is 0.235 e. The summed E-state index contributed by atoms with van der Waals surface area (Å²) >= 11 is 0. The fourth-order valence-electron chi connectivity index (χ4n) is 5.14. The van der Waals surface area contributed by atoms with Crippen LogP contribution in [0.2, 0.25) is 0 Å². The highest BCUT2D eigenvalue weighted by Crippen LogP contribution is 2.64. The minimum Gasteiger partial charge on any atom is -0.325 e. The average molecular weight is 283 g/mol. The van der Waals surface area contributed by atoms with Crippen LogP contribution in [0.1, 0.15) is 31.2 Å². The predicted octanol–water partition coefficient (Wildman–Crippen LogP) is 1.79. The van der Waals surface area contributed by atoms with Crippen LogP contribution in [0.4, 0.5) is 5.69 Å². The fourth-order valence-corrected chi connectivity index (χ4v) is 5.14. The van der Waals surface area contributed by atoms with Crippen molar-refractivity contribution >= 4 is 11.6 Å². The van der Waals surface area contributed by atoms with Gasteiger partial charge in [-0.1, -0.05) is 18.2 Å². The van der Waals surface area contributed by atoms with E-state index in [1.165, 1.54) is 24.8 Å². The van der Waals surface area contributed by atoms with Gasteiger partial charge in [0, 0.05) is 18.3 Å². The summed E-state index contributed by atoms with van der Waals surface area (Å²) in [6.07, 6.45) is 4.85. The van der Waals surface area contributed by atoms with Crippen LogP contribution >= 0.6 is 0 Å². The van der Waals surface area contributed by atoms with Crippen molar-refractivity contribution in [1.29, 1.82) is 0 Å². The topological polar surface area (TPSA) is 53.2 Å². The van der Waals surface area contributed by atoms with Gasteiger partial charge < -0.3 is 5.32 Å². The van der Waals surface area contributed by atoms with Gasteiger partial charge >= 0.3 is 0 Å². The Labute approximate surface area is 124 Å². The van der Waals surface area contributed by atoms with E-state index in [0.29, 0.717) is 17.9 Å². The van der Waals surface area contributed by atoms with Gasteiger partial charge in [-0.05, 0) is 55.1 Å². The molecule has 1 saturated heterocycles. The molecule has 2 saturated carbocycles. The van der Waals surface area contributed by atoms with E-state index in [1.54, 1.807) is 0 Å². The monoisotopic (exact) mass is 283 g/mol. The summed E-state index contributed by atoms with van der Waals surface area (Å²) in [5, 5.41) is 3.10. The predicted molar refractivity (Wildman–Crippen MR) is 80.6 cm³/mol. The molecule has 2 aliphatic heterocycles. The third kappa shape index (κ3) is 1.55. The molecule has 21 heavy (non-hydrogen) atoms. The number of benzene rings is 1. The van der Waals surface area contributed by atoms with Gasteiger partial charge in [-0.2, -0.15) is 0 Å². The quantitative estimate of drug-likeness (QED) is 0.736. The van der Waals surface area contributed by atoms with Crippen LogP contribution < -0.4 is 16.2 Å². The van der Waals surface area contributed by atoms with Gasteiger partial charge in [0.1, 0.15) is 0 Å². The maximum absolute atomic E-state index is 12.6. The highest BCUT2D eigenvalue weighted by atomic mass is 16.2. The van der Waals surface area contributed by atoms with Crippen molar-refractivity contribution < 1.29 is 4.79 Å². The molecule has 2 heterocycles. The number of para-hydroxylation sites is 1. The SMILES string of the molecule is O=C1Nc2ccccc2[C@]12CC2C1CCC2CNNC2C1. The van der Waals surface area contributed by atoms with Gasteiger partial charge in [0.2, 0.25) is 5.91 Å². The normalized spacial score (nSPS) is 43.5. The van der Waals surface area contributed by atoms with Crippen LogP contribution in [-0.2, 0) is 10.2 Å². The van der Waals surface area contributed by atoms with Gasteiger partial charge in [-0.15, -0.1) is 0 Å². The zero-order valence-electron chi connectivity index (χ0n) is 12.1. The van der Waals surface area contributed by atoms with Crippen molar-refractivity contribution in [1.82, 2.24) is 10.9 Å². The fraction of sp³-hybridized carbons (Fsp3) is 0.588. The molecular formula is C17H21N3O. The second-order valence-electron chi connectivity index (χ2n) is 7.25. The van der Waals surface area contributed by atoms with Crippen LogP contribution in [0, 0.1) is 17.8 Å². The maximum atomic E-state index is 12.6. The molecule has 0 aromatic heterocycles. The van der Waals surface area contributed by atoms with Crippen LogP contribution in [0.15, 0.2) is 24.3 Å². The molecule has 1 spiro atoms. The number of rotatable bonds is 1. The molecule has 2 aliphatic carbocycles. The molecule has 4 unspecified atom stereocenters. The first-order chi connectivity index (χ1) is 10.3. The smallest absolute Gasteiger partial charge is 0.235 e. The number of anilines is 1. The summed E-state index contributed by atoms with van der Waals surface area (Å²) in [6.45, 7) is 1.11. The van der Waals surface area contributed by atoms with Crippen molar-refractivity contribution in [3.63, 3.8) is 0 Å². The Morgan fingerprint density at radius 2 is 2.00 bits per heavy atom. The minimum atomic E-state index is -0.194. The lowest BCUT2D eigenvalue weighted by atomic mass is 9.75. The number of hydrogen-bond donors (Lipinski definition) is 3. The summed E-state index contributed by atoms with van der Waals surface area (Å²) in [7, 11) is 0. The largest absolute Gasteiger partial charge is 0.325 e. The Balaban J connectivity index is 1.42. The summed E-state index contributed by atoms with van der Waals surface area (Å²) in [6, 6.07) is 8.87. The molecule has 4 nitrogen and oxygen atoms in total. The Kier molecular flexibility index (Phi) is 2.37. The molecular weight excluding hydrogens is 262 g/mol. The van der Waals surface area contributed by atoms with Crippen molar-refractivity contribution in [2.45, 2.75) is 37.1 Å². The van der Waals surface area contributed by atoms with E-state index in [2.05, 4.69) is 28.3 Å². The zero-order chi connectivity index (χ0) is 14.0. The second-order valence-corrected chi connectivity index (χ2v) is 7.25. The Hall–Kier alpha value is -1.39. The molecule has 1 aromatic carbocycles. The molecule has 3 N–H and O–H groups in total. The summed E-state index contributed by atoms with van der Waals surface area (Å²) in [5.74, 6) is 2.27. The average Bonchev–Trinajstić information content (AvgIpc) is 2.97. The molecule has 3 fully saturated rings. The van der Waals surface area contributed by atoms with E-state index in [9.17, 15) is 4.79 Å². The number of carbonyl (C=O) groups is 1. The van der Waals surface area contributed by atoms with E-state index in [4.69, 9.17) is 0 Å². The van der Waals surface area contributed by atoms with Crippen LogP contribution in [0.5, 0.6) is 0 Å². The van der Waals surface area contributed by atoms with Crippen LogP contribution in [-0.4, -0.2) is 18.5 Å². The number of fused-ring (bicyclic) bond motifs is 3. The molecule has 4 heteroatoms. The first kappa shape index (κ1) is 12.2. The summed E-state index contributed by atoms with van der Waals surface area (Å²) < 4.78 is 0. The number of carbonyl (C=O) groups excluding carboxylic acids is 1. The van der Waals surface area contributed by atoms with Gasteiger partial charge in [0.25, 0.3) is 0 Å². The van der Waals surface area contributed by atoms with Crippen molar-refractivity contribution in [2.75, 3.05) is 11.9 Å². The molecule has 4 aliphatic rings. The van der Waals surface area contributed by atoms with Crippen LogP contribution in [0.3, 0.4) is 0 Å². The molecule has 110 valence electrons. The molecule has 1 aromatic rings. The molecule has 5 atom stereocenters. The number of hydrogen-bond acceptors (Lipinski definition) is 3. The minimum absolute atomic E-state index is 0.194. The number of hydrazine groups is 1. The van der Waals surface area contributed by atoms with E-state index in [-0.39, 0.29) is 11.3 Å². The van der Waals surface area contributed by atoms with E-state index < -0.39 is 0 Å². The first-order valence-electron chi connectivity index (χ1n) is 8.18. The number of nitrogens with one attached hydrogen (secondary N) is 3. The van der Waals surface area contributed by atoms with Crippen LogP contribution in [0.25, 0.3) is 0 Å². The van der Waals surface area contributed by atoms with Gasteiger partial charge in [-0.3, -0.25) is 15.6 Å². The Bertz CT molecular complexity index is 616.